The Morgan fingerprint density at radius 3 is 2.50 bits per heavy atom. The van der Waals surface area contributed by atoms with Gasteiger partial charge in [-0.3, -0.25) is 4.57 Å². The Labute approximate surface area is 97.4 Å². The summed E-state index contributed by atoms with van der Waals surface area (Å²) in [6.45, 7) is 11.3. The fourth-order valence-electron chi connectivity index (χ4n) is 1.95. The molecule has 94 valence electrons. The predicted molar refractivity (Wildman–Crippen MR) is 63.8 cm³/mol. The largest absolute Gasteiger partial charge is 0.344 e. The number of allylic oxidation sites excluding steroid dienone is 1. The summed E-state index contributed by atoms with van der Waals surface area (Å²) in [5, 5.41) is 0. The minimum Gasteiger partial charge on any atom is -0.344 e. The fraction of sp³-hybridized carbons (Fsp3) is 0.818. The van der Waals surface area contributed by atoms with Crippen molar-refractivity contribution in [2.45, 2.75) is 45.4 Å². The first-order valence-corrected chi connectivity index (χ1v) is 7.42. The zero-order valence-corrected chi connectivity index (χ0v) is 11.3. The third-order valence-corrected chi connectivity index (χ3v) is 5.16. The van der Waals surface area contributed by atoms with E-state index in [0.29, 0.717) is 12.8 Å². The molecule has 1 rings (SSSR count). The Hall–Kier alpha value is -0.150. The SMILES string of the molecule is C=CCP(=O)(OCC)[C@@H]1OC(C)(C)O[C@H]1C. The molecular formula is C11H21O4P. The quantitative estimate of drug-likeness (QED) is 0.554. The van der Waals surface area contributed by atoms with Crippen molar-refractivity contribution in [1.29, 1.82) is 0 Å². The van der Waals surface area contributed by atoms with E-state index in [0.717, 1.165) is 0 Å². The number of ether oxygens (including phenoxy) is 2. The molecule has 1 fully saturated rings. The highest BCUT2D eigenvalue weighted by Crippen LogP contribution is 2.57. The van der Waals surface area contributed by atoms with Gasteiger partial charge in [0.1, 0.15) is 0 Å². The molecular weight excluding hydrogens is 227 g/mol. The molecule has 16 heavy (non-hydrogen) atoms. The highest BCUT2D eigenvalue weighted by atomic mass is 31.2. The standard InChI is InChI=1S/C11H21O4P/c1-6-8-16(12,13-7-2)10-9(3)14-11(4,5)15-10/h6,9-10H,1,7-8H2,2-5H3/t9-,10-,16?/m0/s1. The van der Waals surface area contributed by atoms with E-state index < -0.39 is 19.0 Å². The van der Waals surface area contributed by atoms with Crippen molar-refractivity contribution in [3.8, 4) is 0 Å². The summed E-state index contributed by atoms with van der Waals surface area (Å²) in [5.41, 5.74) is 0. The van der Waals surface area contributed by atoms with E-state index in [1.54, 1.807) is 6.08 Å². The number of hydrogen-bond acceptors (Lipinski definition) is 4. The van der Waals surface area contributed by atoms with Crippen molar-refractivity contribution in [2.75, 3.05) is 12.8 Å². The van der Waals surface area contributed by atoms with Crippen LogP contribution in [0.3, 0.4) is 0 Å². The summed E-state index contributed by atoms with van der Waals surface area (Å²) in [4.78, 5) is 0. The van der Waals surface area contributed by atoms with E-state index in [1.807, 2.05) is 27.7 Å². The molecule has 0 aromatic heterocycles. The zero-order valence-electron chi connectivity index (χ0n) is 10.4. The molecule has 0 bridgehead atoms. The third-order valence-electron chi connectivity index (χ3n) is 2.39. The highest BCUT2D eigenvalue weighted by Gasteiger charge is 2.48. The van der Waals surface area contributed by atoms with Gasteiger partial charge in [-0.25, -0.2) is 0 Å². The zero-order chi connectivity index (χ0) is 12.4. The van der Waals surface area contributed by atoms with Gasteiger partial charge in [0.05, 0.1) is 12.7 Å². The molecule has 4 nitrogen and oxygen atoms in total. The van der Waals surface area contributed by atoms with E-state index in [1.165, 1.54) is 0 Å². The summed E-state index contributed by atoms with van der Waals surface area (Å²) in [7, 11) is -2.87. The first kappa shape index (κ1) is 13.9. The van der Waals surface area contributed by atoms with Crippen molar-refractivity contribution in [3.63, 3.8) is 0 Å². The Balaban J connectivity index is 2.87. The molecule has 3 atom stereocenters. The lowest BCUT2D eigenvalue weighted by molar-refractivity contribution is -0.139. The molecule has 1 unspecified atom stereocenters. The van der Waals surface area contributed by atoms with Crippen molar-refractivity contribution < 1.29 is 18.6 Å². The molecule has 5 heteroatoms. The van der Waals surface area contributed by atoms with Crippen LogP contribution < -0.4 is 0 Å². The van der Waals surface area contributed by atoms with Crippen LogP contribution >= 0.6 is 7.37 Å². The highest BCUT2D eigenvalue weighted by molar-refractivity contribution is 7.59. The summed E-state index contributed by atoms with van der Waals surface area (Å²) < 4.78 is 29.3. The van der Waals surface area contributed by atoms with Gasteiger partial charge in [0.25, 0.3) is 0 Å². The van der Waals surface area contributed by atoms with Crippen LogP contribution in [-0.4, -0.2) is 30.5 Å². The molecule has 1 aliphatic heterocycles. The van der Waals surface area contributed by atoms with Crippen LogP contribution in [0.1, 0.15) is 27.7 Å². The maximum absolute atomic E-state index is 12.6. The number of hydrogen-bond donors (Lipinski definition) is 0. The van der Waals surface area contributed by atoms with Gasteiger partial charge < -0.3 is 14.0 Å². The van der Waals surface area contributed by atoms with Gasteiger partial charge in [0, 0.05) is 6.16 Å². The smallest absolute Gasteiger partial charge is 0.237 e. The summed E-state index contributed by atoms with van der Waals surface area (Å²) in [5.74, 6) is -1.20. The summed E-state index contributed by atoms with van der Waals surface area (Å²) in [6, 6.07) is 0. The van der Waals surface area contributed by atoms with Crippen LogP contribution in [0, 0.1) is 0 Å². The second kappa shape index (κ2) is 5.01. The van der Waals surface area contributed by atoms with Gasteiger partial charge in [-0.1, -0.05) is 6.08 Å². The maximum Gasteiger partial charge on any atom is 0.237 e. The Morgan fingerprint density at radius 1 is 1.50 bits per heavy atom. The van der Waals surface area contributed by atoms with Gasteiger partial charge in [-0.05, 0) is 27.7 Å². The van der Waals surface area contributed by atoms with Crippen LogP contribution in [0.4, 0.5) is 0 Å². The maximum atomic E-state index is 12.6. The number of rotatable bonds is 5. The van der Waals surface area contributed by atoms with Crippen LogP contribution in [0.5, 0.6) is 0 Å². The second-order valence-electron chi connectivity index (χ2n) is 4.35. The molecule has 0 aromatic rings. The van der Waals surface area contributed by atoms with Crippen LogP contribution in [0.25, 0.3) is 0 Å². The van der Waals surface area contributed by atoms with E-state index >= 15 is 0 Å². The molecule has 1 heterocycles. The van der Waals surface area contributed by atoms with Crippen LogP contribution in [-0.2, 0) is 18.6 Å². The minimum atomic E-state index is -2.87. The van der Waals surface area contributed by atoms with Gasteiger partial charge >= 0.3 is 0 Å². The van der Waals surface area contributed by atoms with E-state index in [4.69, 9.17) is 14.0 Å². The minimum absolute atomic E-state index is 0.229. The Morgan fingerprint density at radius 2 is 2.12 bits per heavy atom. The first-order chi connectivity index (χ1) is 7.34. The molecule has 0 radical (unpaired) electrons. The molecule has 0 aliphatic carbocycles. The monoisotopic (exact) mass is 248 g/mol. The van der Waals surface area contributed by atoms with Crippen molar-refractivity contribution in [3.05, 3.63) is 12.7 Å². The van der Waals surface area contributed by atoms with Gasteiger partial charge in [0.15, 0.2) is 11.6 Å². The third kappa shape index (κ3) is 2.95. The van der Waals surface area contributed by atoms with E-state index in [-0.39, 0.29) is 6.10 Å². The molecule has 1 saturated heterocycles. The fourth-order valence-corrected chi connectivity index (χ4v) is 4.32. The van der Waals surface area contributed by atoms with Gasteiger partial charge in [-0.2, -0.15) is 0 Å². The molecule has 1 aliphatic rings. The Kier molecular flexibility index (Phi) is 4.35. The van der Waals surface area contributed by atoms with E-state index in [2.05, 4.69) is 6.58 Å². The molecule has 0 saturated carbocycles. The van der Waals surface area contributed by atoms with Crippen molar-refractivity contribution in [2.24, 2.45) is 0 Å². The Bertz CT molecular complexity index is 300. The summed E-state index contributed by atoms with van der Waals surface area (Å²) >= 11 is 0. The topological polar surface area (TPSA) is 44.8 Å². The average Bonchev–Trinajstić information content (AvgIpc) is 2.41. The van der Waals surface area contributed by atoms with Crippen LogP contribution in [0.2, 0.25) is 0 Å². The second-order valence-corrected chi connectivity index (χ2v) is 6.93. The summed E-state index contributed by atoms with van der Waals surface area (Å²) in [6.07, 6.45) is 1.69. The van der Waals surface area contributed by atoms with Crippen molar-refractivity contribution >= 4 is 7.37 Å². The molecule has 0 spiro atoms. The molecule has 0 N–H and O–H groups in total. The lowest BCUT2D eigenvalue weighted by Gasteiger charge is -2.24. The van der Waals surface area contributed by atoms with Crippen molar-refractivity contribution in [1.82, 2.24) is 0 Å². The first-order valence-electron chi connectivity index (χ1n) is 5.54. The molecule has 0 aromatic carbocycles. The van der Waals surface area contributed by atoms with Gasteiger partial charge in [-0.15, -0.1) is 6.58 Å². The lowest BCUT2D eigenvalue weighted by Crippen LogP contribution is -2.23. The molecule has 0 amide bonds. The normalized spacial score (nSPS) is 32.2. The van der Waals surface area contributed by atoms with Crippen LogP contribution in [0.15, 0.2) is 12.7 Å². The predicted octanol–water partition coefficient (Wildman–Crippen LogP) is 2.98. The van der Waals surface area contributed by atoms with E-state index in [9.17, 15) is 4.57 Å². The van der Waals surface area contributed by atoms with Gasteiger partial charge in [0.2, 0.25) is 7.37 Å². The average molecular weight is 248 g/mol. The lowest BCUT2D eigenvalue weighted by atomic mass is 10.4.